The van der Waals surface area contributed by atoms with Gasteiger partial charge in [-0.1, -0.05) is 0 Å². The van der Waals surface area contributed by atoms with Gasteiger partial charge in [-0.3, -0.25) is 4.79 Å². The highest BCUT2D eigenvalue weighted by atomic mass is 19.2. The molecule has 0 spiro atoms. The van der Waals surface area contributed by atoms with Gasteiger partial charge < -0.3 is 5.11 Å². The van der Waals surface area contributed by atoms with Crippen LogP contribution in [0.5, 0.6) is 0 Å². The molecular formula is C12H11F3O2. The van der Waals surface area contributed by atoms with Crippen molar-refractivity contribution in [1.82, 2.24) is 0 Å². The predicted molar refractivity (Wildman–Crippen MR) is 54.4 cm³/mol. The van der Waals surface area contributed by atoms with E-state index in [1.165, 1.54) is 6.92 Å². The first-order valence-electron chi connectivity index (χ1n) is 5.25. The number of carboxylic acids is 1. The van der Waals surface area contributed by atoms with E-state index in [9.17, 15) is 18.0 Å². The molecule has 0 saturated heterocycles. The largest absolute Gasteiger partial charge is 0.481 e. The molecule has 0 aromatic heterocycles. The average molecular weight is 244 g/mol. The SMILES string of the molecule is CC(F)c1cc(F)c(F)c(C2(C(=O)O)CC2)c1. The van der Waals surface area contributed by atoms with E-state index in [1.54, 1.807) is 0 Å². The Morgan fingerprint density at radius 2 is 2.00 bits per heavy atom. The number of carbonyl (C=O) groups is 1. The van der Waals surface area contributed by atoms with E-state index in [1.807, 2.05) is 0 Å². The average Bonchev–Trinajstić information content (AvgIpc) is 3.02. The van der Waals surface area contributed by atoms with Crippen LogP contribution >= 0.6 is 0 Å². The van der Waals surface area contributed by atoms with E-state index < -0.39 is 29.2 Å². The van der Waals surface area contributed by atoms with Crippen LogP contribution in [0.1, 0.15) is 37.1 Å². The number of hydrogen-bond acceptors (Lipinski definition) is 1. The van der Waals surface area contributed by atoms with Crippen molar-refractivity contribution in [2.45, 2.75) is 31.4 Å². The van der Waals surface area contributed by atoms with Crippen molar-refractivity contribution in [3.8, 4) is 0 Å². The first-order valence-corrected chi connectivity index (χ1v) is 5.25. The summed E-state index contributed by atoms with van der Waals surface area (Å²) in [4.78, 5) is 11.0. The van der Waals surface area contributed by atoms with Crippen LogP contribution < -0.4 is 0 Å². The predicted octanol–water partition coefficient (Wildman–Crippen LogP) is 3.11. The molecule has 1 N–H and O–H groups in total. The molecule has 0 bridgehead atoms. The summed E-state index contributed by atoms with van der Waals surface area (Å²) in [5.41, 5.74) is -1.65. The molecule has 1 fully saturated rings. The second-order valence-corrected chi connectivity index (χ2v) is 4.37. The maximum atomic E-state index is 13.6. The van der Waals surface area contributed by atoms with Gasteiger partial charge in [0.1, 0.15) is 6.17 Å². The van der Waals surface area contributed by atoms with E-state index in [-0.39, 0.29) is 24.0 Å². The first-order chi connectivity index (χ1) is 7.88. The molecule has 1 aromatic carbocycles. The van der Waals surface area contributed by atoms with Crippen LogP contribution in [0.15, 0.2) is 12.1 Å². The van der Waals surface area contributed by atoms with Gasteiger partial charge in [-0.15, -0.1) is 0 Å². The maximum absolute atomic E-state index is 13.6. The molecule has 17 heavy (non-hydrogen) atoms. The highest BCUT2D eigenvalue weighted by Gasteiger charge is 2.53. The lowest BCUT2D eigenvalue weighted by atomic mass is 9.93. The zero-order chi connectivity index (χ0) is 12.8. The van der Waals surface area contributed by atoms with Crippen molar-refractivity contribution >= 4 is 5.97 Å². The number of halogens is 3. The Morgan fingerprint density at radius 3 is 2.41 bits per heavy atom. The molecule has 1 aliphatic rings. The van der Waals surface area contributed by atoms with Gasteiger partial charge in [-0.25, -0.2) is 13.2 Å². The van der Waals surface area contributed by atoms with E-state index in [0.29, 0.717) is 0 Å². The van der Waals surface area contributed by atoms with Crippen molar-refractivity contribution in [3.05, 3.63) is 34.9 Å². The van der Waals surface area contributed by atoms with Gasteiger partial charge in [-0.05, 0) is 37.5 Å². The number of rotatable bonds is 3. The molecular weight excluding hydrogens is 233 g/mol. The molecule has 5 heteroatoms. The van der Waals surface area contributed by atoms with Crippen molar-refractivity contribution in [3.63, 3.8) is 0 Å². The Bertz CT molecular complexity index is 479. The molecule has 1 unspecified atom stereocenters. The van der Waals surface area contributed by atoms with Crippen LogP contribution in [0.2, 0.25) is 0 Å². The Balaban J connectivity index is 2.57. The Kier molecular flexibility index (Phi) is 2.64. The van der Waals surface area contributed by atoms with E-state index in [2.05, 4.69) is 0 Å². The van der Waals surface area contributed by atoms with Crippen molar-refractivity contribution < 1.29 is 23.1 Å². The third kappa shape index (κ3) is 1.79. The molecule has 1 atom stereocenters. The molecule has 0 heterocycles. The van der Waals surface area contributed by atoms with Crippen LogP contribution in [-0.4, -0.2) is 11.1 Å². The molecule has 1 saturated carbocycles. The summed E-state index contributed by atoms with van der Waals surface area (Å²) in [5, 5.41) is 9.02. The lowest BCUT2D eigenvalue weighted by Gasteiger charge is -2.14. The summed E-state index contributed by atoms with van der Waals surface area (Å²) in [6.07, 6.45) is -0.959. The second-order valence-electron chi connectivity index (χ2n) is 4.37. The second kappa shape index (κ2) is 3.75. The van der Waals surface area contributed by atoms with Gasteiger partial charge in [-0.2, -0.15) is 0 Å². The minimum absolute atomic E-state index is 0.0357. The van der Waals surface area contributed by atoms with Gasteiger partial charge in [0.25, 0.3) is 0 Å². The van der Waals surface area contributed by atoms with Crippen molar-refractivity contribution in [2.75, 3.05) is 0 Å². The molecule has 92 valence electrons. The molecule has 1 aliphatic carbocycles. The fraction of sp³-hybridized carbons (Fsp3) is 0.417. The molecule has 2 nitrogen and oxygen atoms in total. The zero-order valence-corrected chi connectivity index (χ0v) is 9.14. The highest BCUT2D eigenvalue weighted by molar-refractivity contribution is 5.85. The van der Waals surface area contributed by atoms with Crippen LogP contribution in [0.25, 0.3) is 0 Å². The van der Waals surface area contributed by atoms with E-state index in [0.717, 1.165) is 12.1 Å². The summed E-state index contributed by atoms with van der Waals surface area (Å²) in [7, 11) is 0. The van der Waals surface area contributed by atoms with Crippen LogP contribution in [0.4, 0.5) is 13.2 Å². The number of benzene rings is 1. The molecule has 0 aliphatic heterocycles. The Morgan fingerprint density at radius 1 is 1.41 bits per heavy atom. The quantitative estimate of drug-likeness (QED) is 0.887. The third-order valence-corrected chi connectivity index (χ3v) is 3.18. The minimum atomic E-state index is -1.46. The van der Waals surface area contributed by atoms with Gasteiger partial charge in [0.2, 0.25) is 0 Å². The fourth-order valence-corrected chi connectivity index (χ4v) is 1.91. The highest BCUT2D eigenvalue weighted by Crippen LogP contribution is 2.50. The van der Waals surface area contributed by atoms with Gasteiger partial charge in [0, 0.05) is 5.56 Å². The van der Waals surface area contributed by atoms with E-state index in [4.69, 9.17) is 5.11 Å². The number of alkyl halides is 1. The van der Waals surface area contributed by atoms with Gasteiger partial charge in [0.15, 0.2) is 11.6 Å². The number of carboxylic acid groups (broad SMARTS) is 1. The first kappa shape index (κ1) is 12.0. The summed E-state index contributed by atoms with van der Waals surface area (Å²) < 4.78 is 40.0. The number of aliphatic carboxylic acids is 1. The minimum Gasteiger partial charge on any atom is -0.481 e. The summed E-state index contributed by atoms with van der Waals surface area (Å²) in [5.74, 6) is -3.58. The summed E-state index contributed by atoms with van der Waals surface area (Å²) >= 11 is 0. The van der Waals surface area contributed by atoms with Gasteiger partial charge in [0.05, 0.1) is 5.41 Å². The summed E-state index contributed by atoms with van der Waals surface area (Å²) in [6.45, 7) is 1.19. The van der Waals surface area contributed by atoms with Crippen molar-refractivity contribution in [2.24, 2.45) is 0 Å². The third-order valence-electron chi connectivity index (χ3n) is 3.18. The van der Waals surface area contributed by atoms with E-state index >= 15 is 0 Å². The fourth-order valence-electron chi connectivity index (χ4n) is 1.91. The maximum Gasteiger partial charge on any atom is 0.314 e. The number of hydrogen-bond donors (Lipinski definition) is 1. The molecule has 1 aromatic rings. The normalized spacial score (nSPS) is 18.8. The van der Waals surface area contributed by atoms with Crippen molar-refractivity contribution in [1.29, 1.82) is 0 Å². The standard InChI is InChI=1S/C12H11F3O2/c1-6(13)7-4-8(10(15)9(14)5-7)12(2-3-12)11(16)17/h4-6H,2-3H2,1H3,(H,16,17). The molecule has 0 radical (unpaired) electrons. The van der Waals surface area contributed by atoms with Crippen LogP contribution in [-0.2, 0) is 10.2 Å². The molecule has 0 amide bonds. The summed E-state index contributed by atoms with van der Waals surface area (Å²) in [6, 6.07) is 1.88. The lowest BCUT2D eigenvalue weighted by molar-refractivity contribution is -0.140. The monoisotopic (exact) mass is 244 g/mol. The molecule has 2 rings (SSSR count). The zero-order valence-electron chi connectivity index (χ0n) is 9.14. The van der Waals surface area contributed by atoms with Crippen LogP contribution in [0.3, 0.4) is 0 Å². The smallest absolute Gasteiger partial charge is 0.314 e. The Labute approximate surface area is 96.1 Å². The van der Waals surface area contributed by atoms with Crippen LogP contribution in [0, 0.1) is 11.6 Å². The lowest BCUT2D eigenvalue weighted by Crippen LogP contribution is -2.22. The van der Waals surface area contributed by atoms with Gasteiger partial charge >= 0.3 is 5.97 Å². The topological polar surface area (TPSA) is 37.3 Å². The Hall–Kier alpha value is -1.52.